The Bertz CT molecular complexity index is 247. The summed E-state index contributed by atoms with van der Waals surface area (Å²) in [5.41, 5.74) is 6.30. The van der Waals surface area contributed by atoms with Crippen LogP contribution >= 0.6 is 0 Å². The molecule has 0 aromatic carbocycles. The molecular weight excluding hydrogens is 234 g/mol. The van der Waals surface area contributed by atoms with Crippen LogP contribution < -0.4 is 11.1 Å². The van der Waals surface area contributed by atoms with E-state index in [1.54, 1.807) is 0 Å². The van der Waals surface area contributed by atoms with Gasteiger partial charge in [0.15, 0.2) is 0 Å². The molecule has 0 radical (unpaired) electrons. The average molecular weight is 269 g/mol. The van der Waals surface area contributed by atoms with Crippen molar-refractivity contribution in [3.63, 3.8) is 0 Å². The molecule has 0 bridgehead atoms. The molecule has 3 heteroatoms. The highest BCUT2D eigenvalue weighted by atomic mass is 15.1. The van der Waals surface area contributed by atoms with Crippen molar-refractivity contribution in [2.24, 2.45) is 22.5 Å². The first-order chi connectivity index (χ1) is 8.76. The lowest BCUT2D eigenvalue weighted by Gasteiger charge is -2.40. The van der Waals surface area contributed by atoms with Crippen LogP contribution in [-0.4, -0.2) is 44.2 Å². The van der Waals surface area contributed by atoms with Gasteiger partial charge >= 0.3 is 0 Å². The quantitative estimate of drug-likeness (QED) is 0.777. The van der Waals surface area contributed by atoms with Gasteiger partial charge in [0.2, 0.25) is 0 Å². The summed E-state index contributed by atoms with van der Waals surface area (Å²) in [5.74, 6) is 0.852. The third kappa shape index (κ3) is 5.41. The molecule has 1 saturated heterocycles. The predicted molar refractivity (Wildman–Crippen MR) is 84.3 cm³/mol. The summed E-state index contributed by atoms with van der Waals surface area (Å²) in [4.78, 5) is 2.50. The van der Waals surface area contributed by atoms with Crippen molar-refractivity contribution < 1.29 is 0 Å². The highest BCUT2D eigenvalue weighted by molar-refractivity contribution is 4.85. The molecule has 0 aliphatic carbocycles. The fraction of sp³-hybridized carbons (Fsp3) is 1.00. The normalized spacial score (nSPS) is 19.9. The molecule has 0 amide bonds. The predicted octanol–water partition coefficient (Wildman–Crippen LogP) is 2.32. The smallest absolute Gasteiger partial charge is 0.0105 e. The molecule has 0 spiro atoms. The van der Waals surface area contributed by atoms with Crippen molar-refractivity contribution in [3.8, 4) is 0 Å². The Hall–Kier alpha value is -0.120. The van der Waals surface area contributed by atoms with E-state index in [1.807, 2.05) is 0 Å². The van der Waals surface area contributed by atoms with Crippen molar-refractivity contribution >= 4 is 0 Å². The third-order valence-electron chi connectivity index (χ3n) is 5.18. The molecule has 0 atom stereocenters. The highest BCUT2D eigenvalue weighted by Gasteiger charge is 2.32. The monoisotopic (exact) mass is 269 g/mol. The fourth-order valence-corrected chi connectivity index (χ4v) is 2.45. The molecule has 1 aliphatic rings. The van der Waals surface area contributed by atoms with Gasteiger partial charge in [-0.05, 0) is 49.2 Å². The number of nitrogens with zero attached hydrogens (tertiary/aromatic N) is 1. The molecule has 1 heterocycles. The maximum atomic E-state index is 5.61. The maximum absolute atomic E-state index is 5.61. The Morgan fingerprint density at radius 2 is 1.68 bits per heavy atom. The molecule has 0 saturated carbocycles. The van der Waals surface area contributed by atoms with Crippen molar-refractivity contribution in [1.82, 2.24) is 10.2 Å². The molecule has 114 valence electrons. The van der Waals surface area contributed by atoms with Gasteiger partial charge in [0.05, 0.1) is 0 Å². The lowest BCUT2D eigenvalue weighted by Crippen LogP contribution is -2.43. The highest BCUT2D eigenvalue weighted by Crippen LogP contribution is 2.37. The standard InChI is InChI=1S/C16H35N3/c1-15(2,3)16(4,5)13-18-12-14-6-9-19(10-7-14)11-8-17/h14,18H,6-13,17H2,1-5H3. The van der Waals surface area contributed by atoms with Gasteiger partial charge in [-0.25, -0.2) is 0 Å². The van der Waals surface area contributed by atoms with Crippen molar-refractivity contribution in [1.29, 1.82) is 0 Å². The summed E-state index contributed by atoms with van der Waals surface area (Å²) in [7, 11) is 0. The number of rotatable bonds is 6. The molecule has 1 rings (SSSR count). The molecule has 0 aromatic rings. The number of nitrogens with one attached hydrogen (secondary N) is 1. The van der Waals surface area contributed by atoms with Crippen LogP contribution in [0, 0.1) is 16.7 Å². The second kappa shape index (κ2) is 7.05. The molecule has 1 aliphatic heterocycles. The molecule has 3 nitrogen and oxygen atoms in total. The van der Waals surface area contributed by atoms with E-state index in [2.05, 4.69) is 44.8 Å². The minimum absolute atomic E-state index is 0.341. The topological polar surface area (TPSA) is 41.3 Å². The van der Waals surface area contributed by atoms with Crippen LogP contribution in [0.15, 0.2) is 0 Å². The van der Waals surface area contributed by atoms with Crippen molar-refractivity contribution in [2.45, 2.75) is 47.5 Å². The van der Waals surface area contributed by atoms with Crippen LogP contribution in [0.1, 0.15) is 47.5 Å². The largest absolute Gasteiger partial charge is 0.329 e. The zero-order valence-corrected chi connectivity index (χ0v) is 13.8. The Kier molecular flexibility index (Phi) is 6.28. The van der Waals surface area contributed by atoms with E-state index in [1.165, 1.54) is 32.5 Å². The van der Waals surface area contributed by atoms with Gasteiger partial charge in [-0.2, -0.15) is 0 Å². The molecule has 19 heavy (non-hydrogen) atoms. The summed E-state index contributed by atoms with van der Waals surface area (Å²) >= 11 is 0. The number of hydrogen-bond acceptors (Lipinski definition) is 3. The first kappa shape index (κ1) is 16.9. The van der Waals surface area contributed by atoms with E-state index in [4.69, 9.17) is 5.73 Å². The minimum atomic E-state index is 0.341. The van der Waals surface area contributed by atoms with Crippen LogP contribution in [0.3, 0.4) is 0 Å². The summed E-state index contributed by atoms with van der Waals surface area (Å²) in [6.07, 6.45) is 2.64. The number of piperidine rings is 1. The van der Waals surface area contributed by atoms with Gasteiger partial charge in [0.25, 0.3) is 0 Å². The Labute approximate surface area is 120 Å². The van der Waals surface area contributed by atoms with E-state index >= 15 is 0 Å². The maximum Gasteiger partial charge on any atom is 0.0105 e. The molecule has 0 aromatic heterocycles. The van der Waals surface area contributed by atoms with Crippen molar-refractivity contribution in [3.05, 3.63) is 0 Å². The van der Waals surface area contributed by atoms with Gasteiger partial charge in [0, 0.05) is 19.6 Å². The van der Waals surface area contributed by atoms with E-state index in [0.717, 1.165) is 25.6 Å². The lowest BCUT2D eigenvalue weighted by molar-refractivity contribution is 0.122. The van der Waals surface area contributed by atoms with Crippen LogP contribution in [0.25, 0.3) is 0 Å². The first-order valence-corrected chi connectivity index (χ1v) is 7.89. The number of likely N-dealkylation sites (tertiary alicyclic amines) is 1. The van der Waals surface area contributed by atoms with Gasteiger partial charge in [-0.3, -0.25) is 0 Å². The summed E-state index contributed by atoms with van der Waals surface area (Å²) in [6, 6.07) is 0. The fourth-order valence-electron chi connectivity index (χ4n) is 2.45. The van der Waals surface area contributed by atoms with E-state index < -0.39 is 0 Å². The summed E-state index contributed by atoms with van der Waals surface area (Å²) in [5, 5.41) is 3.71. The van der Waals surface area contributed by atoms with Crippen LogP contribution in [0.2, 0.25) is 0 Å². The van der Waals surface area contributed by atoms with E-state index in [0.29, 0.717) is 10.8 Å². The van der Waals surface area contributed by atoms with Crippen LogP contribution in [-0.2, 0) is 0 Å². The Balaban J connectivity index is 2.21. The van der Waals surface area contributed by atoms with E-state index in [9.17, 15) is 0 Å². The Morgan fingerprint density at radius 3 is 2.16 bits per heavy atom. The minimum Gasteiger partial charge on any atom is -0.329 e. The Morgan fingerprint density at radius 1 is 1.11 bits per heavy atom. The number of nitrogens with two attached hydrogens (primary N) is 1. The second-order valence-electron chi connectivity index (χ2n) is 7.84. The molecule has 3 N–H and O–H groups in total. The molecule has 1 fully saturated rings. The summed E-state index contributed by atoms with van der Waals surface area (Å²) < 4.78 is 0. The first-order valence-electron chi connectivity index (χ1n) is 7.89. The molecule has 0 unspecified atom stereocenters. The third-order valence-corrected chi connectivity index (χ3v) is 5.18. The van der Waals surface area contributed by atoms with E-state index in [-0.39, 0.29) is 0 Å². The zero-order chi connectivity index (χ0) is 14.5. The average Bonchev–Trinajstić information content (AvgIpc) is 2.30. The summed E-state index contributed by atoms with van der Waals surface area (Å²) in [6.45, 7) is 18.3. The van der Waals surface area contributed by atoms with Gasteiger partial charge in [-0.1, -0.05) is 34.6 Å². The van der Waals surface area contributed by atoms with Gasteiger partial charge in [-0.15, -0.1) is 0 Å². The lowest BCUT2D eigenvalue weighted by atomic mass is 9.69. The molecular formula is C16H35N3. The van der Waals surface area contributed by atoms with Crippen LogP contribution in [0.5, 0.6) is 0 Å². The van der Waals surface area contributed by atoms with Gasteiger partial charge < -0.3 is 16.0 Å². The van der Waals surface area contributed by atoms with Gasteiger partial charge in [0.1, 0.15) is 0 Å². The second-order valence-corrected chi connectivity index (χ2v) is 7.84. The van der Waals surface area contributed by atoms with Crippen molar-refractivity contribution in [2.75, 3.05) is 39.3 Å². The zero-order valence-electron chi connectivity index (χ0n) is 13.8. The number of hydrogen-bond donors (Lipinski definition) is 2. The van der Waals surface area contributed by atoms with Crippen LogP contribution in [0.4, 0.5) is 0 Å². The SMILES string of the molecule is CC(C)(C)C(C)(C)CNCC1CCN(CCN)CC1.